The molecule has 1 aliphatic carbocycles. The lowest BCUT2D eigenvalue weighted by molar-refractivity contribution is 0.226. The molecule has 0 spiro atoms. The molecule has 27 heavy (non-hydrogen) atoms. The number of pyridine rings is 1. The number of hydrogen-bond donors (Lipinski definition) is 0. The van der Waals surface area contributed by atoms with Crippen LogP contribution in [-0.4, -0.2) is 39.1 Å². The van der Waals surface area contributed by atoms with Crippen molar-refractivity contribution < 1.29 is 4.74 Å². The molecule has 5 rings (SSSR count). The van der Waals surface area contributed by atoms with Gasteiger partial charge in [0.15, 0.2) is 0 Å². The van der Waals surface area contributed by atoms with Crippen molar-refractivity contribution in [3.8, 4) is 5.75 Å². The third-order valence-electron chi connectivity index (χ3n) is 6.11. The molecule has 1 unspecified atom stereocenters. The summed E-state index contributed by atoms with van der Waals surface area (Å²) in [5.74, 6) is 4.05. The Labute approximate surface area is 163 Å². The minimum atomic E-state index is 0.656. The Bertz CT molecular complexity index is 989. The lowest BCUT2D eigenvalue weighted by atomic mass is 10.2. The van der Waals surface area contributed by atoms with Crippen LogP contribution in [-0.2, 0) is 13.6 Å². The van der Waals surface area contributed by atoms with E-state index in [0.29, 0.717) is 10.9 Å². The number of imidazole rings is 1. The molecule has 2 aliphatic rings. The number of hydrogen-bond acceptors (Lipinski definition) is 4. The third-order valence-corrected chi connectivity index (χ3v) is 6.40. The standard InChI is InChI=1S/C21H23ClN4O/c1-13-3-4-20(17(22)7-13)27-12-16-14-9-26(10-15(14)16)11-21-24-18-8-23-6-5-19(18)25(21)2/h3-8,14-16H,9-12H2,1-2H3/t14-,15+,16?. The van der Waals surface area contributed by atoms with Crippen molar-refractivity contribution in [3.05, 3.63) is 53.1 Å². The number of ether oxygens (including phenoxy) is 1. The number of nitrogens with zero attached hydrogens (tertiary/aromatic N) is 4. The average molecular weight is 383 g/mol. The van der Waals surface area contributed by atoms with Crippen molar-refractivity contribution in [3.63, 3.8) is 0 Å². The van der Waals surface area contributed by atoms with Crippen LogP contribution in [0.4, 0.5) is 0 Å². The van der Waals surface area contributed by atoms with E-state index in [1.165, 1.54) is 0 Å². The SMILES string of the molecule is Cc1ccc(OCC2[C@H]3CN(Cc4nc5cnccc5n4C)C[C@@H]23)c(Cl)c1. The van der Waals surface area contributed by atoms with E-state index in [4.69, 9.17) is 21.3 Å². The van der Waals surface area contributed by atoms with Gasteiger partial charge in [0, 0.05) is 32.3 Å². The lowest BCUT2D eigenvalue weighted by Gasteiger charge is -2.19. The monoisotopic (exact) mass is 382 g/mol. The number of fused-ring (bicyclic) bond motifs is 2. The Morgan fingerprint density at radius 2 is 2.04 bits per heavy atom. The Morgan fingerprint density at radius 3 is 2.78 bits per heavy atom. The van der Waals surface area contributed by atoms with Crippen LogP contribution in [0.2, 0.25) is 5.02 Å². The van der Waals surface area contributed by atoms with E-state index < -0.39 is 0 Å². The molecule has 0 N–H and O–H groups in total. The van der Waals surface area contributed by atoms with E-state index in [9.17, 15) is 0 Å². The molecule has 3 aromatic rings. The van der Waals surface area contributed by atoms with Gasteiger partial charge in [0.05, 0.1) is 29.9 Å². The Kier molecular flexibility index (Phi) is 4.10. The normalized spacial score (nSPS) is 24.3. The van der Waals surface area contributed by atoms with Crippen LogP contribution >= 0.6 is 11.6 Å². The van der Waals surface area contributed by atoms with E-state index in [0.717, 1.165) is 66.2 Å². The Balaban J connectivity index is 1.17. The molecule has 140 valence electrons. The second-order valence-corrected chi connectivity index (χ2v) is 8.29. The highest BCUT2D eigenvalue weighted by molar-refractivity contribution is 6.32. The highest BCUT2D eigenvalue weighted by Crippen LogP contribution is 2.52. The van der Waals surface area contributed by atoms with Crippen LogP contribution in [0.5, 0.6) is 5.75 Å². The lowest BCUT2D eigenvalue weighted by Crippen LogP contribution is -2.26. The minimum Gasteiger partial charge on any atom is -0.492 e. The summed E-state index contributed by atoms with van der Waals surface area (Å²) < 4.78 is 8.17. The van der Waals surface area contributed by atoms with Gasteiger partial charge in [-0.25, -0.2) is 4.98 Å². The molecule has 0 radical (unpaired) electrons. The van der Waals surface area contributed by atoms with E-state index in [1.54, 1.807) is 0 Å². The van der Waals surface area contributed by atoms with Gasteiger partial charge >= 0.3 is 0 Å². The summed E-state index contributed by atoms with van der Waals surface area (Å²) in [5.41, 5.74) is 3.27. The second-order valence-electron chi connectivity index (χ2n) is 7.88. The summed E-state index contributed by atoms with van der Waals surface area (Å²) >= 11 is 6.27. The molecule has 1 aliphatic heterocycles. The smallest absolute Gasteiger partial charge is 0.137 e. The summed E-state index contributed by atoms with van der Waals surface area (Å²) in [6, 6.07) is 8.00. The van der Waals surface area contributed by atoms with E-state index in [-0.39, 0.29) is 0 Å². The topological polar surface area (TPSA) is 43.2 Å². The number of aryl methyl sites for hydroxylation is 2. The van der Waals surface area contributed by atoms with Crippen LogP contribution in [0.15, 0.2) is 36.7 Å². The molecule has 3 heterocycles. The third kappa shape index (κ3) is 3.09. The van der Waals surface area contributed by atoms with Crippen LogP contribution in [0.25, 0.3) is 11.0 Å². The molecule has 1 saturated carbocycles. The van der Waals surface area contributed by atoms with Crippen molar-refractivity contribution in [2.24, 2.45) is 24.8 Å². The highest BCUT2D eigenvalue weighted by Gasteiger charge is 2.55. The maximum Gasteiger partial charge on any atom is 0.137 e. The van der Waals surface area contributed by atoms with Crippen molar-refractivity contribution in [1.82, 2.24) is 19.4 Å². The average Bonchev–Trinajstić information content (AvgIpc) is 2.98. The van der Waals surface area contributed by atoms with Gasteiger partial charge in [-0.15, -0.1) is 0 Å². The van der Waals surface area contributed by atoms with Crippen molar-refractivity contribution in [2.45, 2.75) is 13.5 Å². The summed E-state index contributed by atoms with van der Waals surface area (Å²) in [4.78, 5) is 11.4. The minimum absolute atomic E-state index is 0.656. The first-order chi connectivity index (χ1) is 13.1. The molecular formula is C21H23ClN4O. The molecule has 2 fully saturated rings. The number of benzene rings is 1. The van der Waals surface area contributed by atoms with Crippen molar-refractivity contribution in [2.75, 3.05) is 19.7 Å². The quantitative estimate of drug-likeness (QED) is 0.675. The van der Waals surface area contributed by atoms with Crippen molar-refractivity contribution >= 4 is 22.6 Å². The predicted octanol–water partition coefficient (Wildman–Crippen LogP) is 3.69. The largest absolute Gasteiger partial charge is 0.492 e. The fourth-order valence-electron chi connectivity index (χ4n) is 4.47. The van der Waals surface area contributed by atoms with Gasteiger partial charge in [-0.3, -0.25) is 9.88 Å². The molecule has 1 saturated heterocycles. The molecule has 2 aromatic heterocycles. The summed E-state index contributed by atoms with van der Waals surface area (Å²) in [6.07, 6.45) is 3.66. The molecular weight excluding hydrogens is 360 g/mol. The molecule has 6 heteroatoms. The van der Waals surface area contributed by atoms with Gasteiger partial charge < -0.3 is 9.30 Å². The summed E-state index contributed by atoms with van der Waals surface area (Å²) in [7, 11) is 2.09. The molecule has 0 bridgehead atoms. The van der Waals surface area contributed by atoms with Crippen LogP contribution in [0.1, 0.15) is 11.4 Å². The number of rotatable bonds is 5. The number of piperidine rings is 1. The highest BCUT2D eigenvalue weighted by atomic mass is 35.5. The van der Waals surface area contributed by atoms with Crippen LogP contribution < -0.4 is 4.74 Å². The van der Waals surface area contributed by atoms with Crippen LogP contribution in [0, 0.1) is 24.7 Å². The first-order valence-corrected chi connectivity index (χ1v) is 9.84. The van der Waals surface area contributed by atoms with Gasteiger partial charge in [-0.05, 0) is 42.5 Å². The number of halogens is 1. The fraction of sp³-hybridized carbons (Fsp3) is 0.429. The zero-order chi connectivity index (χ0) is 18.5. The Morgan fingerprint density at radius 1 is 1.22 bits per heavy atom. The Hall–Kier alpha value is -2.11. The maximum absolute atomic E-state index is 6.27. The van der Waals surface area contributed by atoms with E-state index >= 15 is 0 Å². The van der Waals surface area contributed by atoms with Gasteiger partial charge in [-0.2, -0.15) is 0 Å². The second kappa shape index (κ2) is 6.50. The molecule has 1 aromatic carbocycles. The first kappa shape index (κ1) is 17.0. The molecule has 0 amide bonds. The van der Waals surface area contributed by atoms with Gasteiger partial charge in [-0.1, -0.05) is 17.7 Å². The summed E-state index contributed by atoms with van der Waals surface area (Å²) in [5, 5.41) is 0.707. The first-order valence-electron chi connectivity index (χ1n) is 9.47. The van der Waals surface area contributed by atoms with Gasteiger partial charge in [0.25, 0.3) is 0 Å². The number of likely N-dealkylation sites (tertiary alicyclic amines) is 1. The van der Waals surface area contributed by atoms with Gasteiger partial charge in [0.2, 0.25) is 0 Å². The van der Waals surface area contributed by atoms with Gasteiger partial charge in [0.1, 0.15) is 17.1 Å². The molecule has 5 nitrogen and oxygen atoms in total. The summed E-state index contributed by atoms with van der Waals surface area (Å²) in [6.45, 7) is 5.96. The zero-order valence-corrected chi connectivity index (χ0v) is 16.4. The maximum atomic E-state index is 6.27. The number of aromatic nitrogens is 3. The van der Waals surface area contributed by atoms with Crippen molar-refractivity contribution in [1.29, 1.82) is 0 Å². The fourth-order valence-corrected chi connectivity index (χ4v) is 4.75. The van der Waals surface area contributed by atoms with E-state index in [2.05, 4.69) is 21.5 Å². The molecule has 3 atom stereocenters. The van der Waals surface area contributed by atoms with Crippen LogP contribution in [0.3, 0.4) is 0 Å². The predicted molar refractivity (Wildman–Crippen MR) is 106 cm³/mol. The van der Waals surface area contributed by atoms with E-state index in [1.807, 2.05) is 43.6 Å². The zero-order valence-electron chi connectivity index (χ0n) is 15.6.